The maximum absolute atomic E-state index is 13.0. The van der Waals surface area contributed by atoms with Gasteiger partial charge in [-0.2, -0.15) is 0 Å². The molecule has 1 aliphatic rings. The number of thioether (sulfide) groups is 1. The number of benzene rings is 3. The summed E-state index contributed by atoms with van der Waals surface area (Å²) in [7, 11) is 1.59. The Balaban J connectivity index is 1.53. The van der Waals surface area contributed by atoms with E-state index in [0.29, 0.717) is 38.0 Å². The van der Waals surface area contributed by atoms with Gasteiger partial charge in [0.15, 0.2) is 15.8 Å². The largest absolute Gasteiger partial charge is 0.493 e. The van der Waals surface area contributed by atoms with E-state index in [2.05, 4.69) is 6.07 Å². The molecule has 7 heteroatoms. The lowest BCUT2D eigenvalue weighted by Gasteiger charge is -2.14. The smallest absolute Gasteiger partial charge is 0.270 e. The van der Waals surface area contributed by atoms with Gasteiger partial charge in [0, 0.05) is 5.02 Å². The zero-order valence-corrected chi connectivity index (χ0v) is 19.9. The van der Waals surface area contributed by atoms with Gasteiger partial charge in [-0.15, -0.1) is 0 Å². The highest BCUT2D eigenvalue weighted by atomic mass is 35.5. The minimum absolute atomic E-state index is 0.180. The van der Waals surface area contributed by atoms with Crippen LogP contribution in [0.1, 0.15) is 16.7 Å². The van der Waals surface area contributed by atoms with Crippen LogP contribution in [0.4, 0.5) is 5.69 Å². The minimum Gasteiger partial charge on any atom is -0.493 e. The maximum Gasteiger partial charge on any atom is 0.270 e. The Morgan fingerprint density at radius 3 is 2.62 bits per heavy atom. The molecule has 1 fully saturated rings. The third-order valence-corrected chi connectivity index (χ3v) is 6.36. The van der Waals surface area contributed by atoms with Crippen LogP contribution in [0.5, 0.6) is 11.5 Å². The van der Waals surface area contributed by atoms with Crippen molar-refractivity contribution >= 4 is 57.6 Å². The number of aryl methyl sites for hydroxylation is 1. The Morgan fingerprint density at radius 2 is 1.88 bits per heavy atom. The molecule has 4 rings (SSSR count). The topological polar surface area (TPSA) is 38.8 Å². The summed E-state index contributed by atoms with van der Waals surface area (Å²) in [6, 6.07) is 20.8. The summed E-state index contributed by atoms with van der Waals surface area (Å²) >= 11 is 12.8. The summed E-state index contributed by atoms with van der Waals surface area (Å²) in [5, 5.41) is 0.548. The van der Waals surface area contributed by atoms with E-state index in [1.54, 1.807) is 31.4 Å². The summed E-state index contributed by atoms with van der Waals surface area (Å²) in [5.41, 5.74) is 3.74. The van der Waals surface area contributed by atoms with Gasteiger partial charge in [0.05, 0.1) is 17.7 Å². The molecule has 4 nitrogen and oxygen atoms in total. The highest BCUT2D eigenvalue weighted by molar-refractivity contribution is 8.27. The molecule has 3 aromatic rings. The normalized spacial score (nSPS) is 14.8. The van der Waals surface area contributed by atoms with Gasteiger partial charge in [0.2, 0.25) is 0 Å². The van der Waals surface area contributed by atoms with E-state index in [1.165, 1.54) is 22.2 Å². The molecular weight excluding hydrogens is 462 g/mol. The van der Waals surface area contributed by atoms with Crippen molar-refractivity contribution in [3.05, 3.63) is 93.3 Å². The fourth-order valence-electron chi connectivity index (χ4n) is 3.31. The second-order valence-corrected chi connectivity index (χ2v) is 9.30. The number of ether oxygens (including phenoxy) is 2. The number of rotatable bonds is 6. The summed E-state index contributed by atoms with van der Waals surface area (Å²) in [6.45, 7) is 2.49. The molecule has 0 N–H and O–H groups in total. The van der Waals surface area contributed by atoms with Crippen molar-refractivity contribution in [3.8, 4) is 11.5 Å². The van der Waals surface area contributed by atoms with Gasteiger partial charge in [-0.3, -0.25) is 9.69 Å². The predicted octanol–water partition coefficient (Wildman–Crippen LogP) is 6.64. The third-order valence-electron chi connectivity index (χ3n) is 4.82. The van der Waals surface area contributed by atoms with Crippen molar-refractivity contribution in [1.82, 2.24) is 0 Å². The Morgan fingerprint density at radius 1 is 1.06 bits per heavy atom. The summed E-state index contributed by atoms with van der Waals surface area (Å²) < 4.78 is 11.9. The van der Waals surface area contributed by atoms with Gasteiger partial charge in [0.25, 0.3) is 5.91 Å². The molecule has 0 unspecified atom stereocenters. The van der Waals surface area contributed by atoms with E-state index < -0.39 is 0 Å². The lowest BCUT2D eigenvalue weighted by molar-refractivity contribution is -0.113. The molecule has 1 saturated heterocycles. The summed E-state index contributed by atoms with van der Waals surface area (Å²) in [4.78, 5) is 15.0. The van der Waals surface area contributed by atoms with Crippen molar-refractivity contribution in [2.75, 3.05) is 12.0 Å². The predicted molar refractivity (Wildman–Crippen MR) is 136 cm³/mol. The van der Waals surface area contributed by atoms with Crippen LogP contribution in [0.3, 0.4) is 0 Å². The van der Waals surface area contributed by atoms with E-state index >= 15 is 0 Å². The second-order valence-electron chi connectivity index (χ2n) is 7.19. The quantitative estimate of drug-likeness (QED) is 0.291. The first kappa shape index (κ1) is 22.4. The van der Waals surface area contributed by atoms with Crippen LogP contribution in [-0.4, -0.2) is 17.3 Å². The minimum atomic E-state index is -0.180. The summed E-state index contributed by atoms with van der Waals surface area (Å²) in [5.74, 6) is 1.05. The first-order chi connectivity index (χ1) is 15.4. The molecule has 0 saturated carbocycles. The molecular formula is C25H20ClNO3S2. The second kappa shape index (κ2) is 9.77. The van der Waals surface area contributed by atoms with Crippen LogP contribution < -0.4 is 14.4 Å². The van der Waals surface area contributed by atoms with Gasteiger partial charge in [-0.1, -0.05) is 77.5 Å². The third kappa shape index (κ3) is 4.99. The van der Waals surface area contributed by atoms with E-state index in [0.717, 1.165) is 11.1 Å². The molecule has 0 aliphatic carbocycles. The number of nitrogens with zero attached hydrogens (tertiary/aromatic N) is 1. The molecule has 3 aromatic carbocycles. The van der Waals surface area contributed by atoms with Crippen LogP contribution in [0.25, 0.3) is 6.08 Å². The van der Waals surface area contributed by atoms with Gasteiger partial charge in [0.1, 0.15) is 6.61 Å². The Labute approximate surface area is 201 Å². The molecule has 0 bridgehead atoms. The zero-order chi connectivity index (χ0) is 22.7. The van der Waals surface area contributed by atoms with Crippen molar-refractivity contribution in [2.24, 2.45) is 0 Å². The number of methoxy groups -OCH3 is 1. The van der Waals surface area contributed by atoms with Crippen molar-refractivity contribution in [2.45, 2.75) is 13.5 Å². The Hall–Kier alpha value is -2.80. The van der Waals surface area contributed by atoms with E-state index in [1.807, 2.05) is 49.4 Å². The van der Waals surface area contributed by atoms with Crippen LogP contribution in [0, 0.1) is 6.92 Å². The number of thiocarbonyl (C=S) groups is 1. The number of hydrogen-bond donors (Lipinski definition) is 0. The number of carbonyl (C=O) groups excluding carboxylic acids is 1. The molecule has 1 amide bonds. The van der Waals surface area contributed by atoms with E-state index in [4.69, 9.17) is 33.3 Å². The van der Waals surface area contributed by atoms with Gasteiger partial charge in [-0.25, -0.2) is 0 Å². The number of hydrogen-bond acceptors (Lipinski definition) is 5. The average Bonchev–Trinajstić information content (AvgIpc) is 3.05. The molecule has 1 aliphatic heterocycles. The molecule has 1 heterocycles. The first-order valence-electron chi connectivity index (χ1n) is 9.84. The van der Waals surface area contributed by atoms with Crippen LogP contribution in [-0.2, 0) is 11.4 Å². The first-order valence-corrected chi connectivity index (χ1v) is 11.4. The Kier molecular flexibility index (Phi) is 6.84. The van der Waals surface area contributed by atoms with E-state index in [9.17, 15) is 4.79 Å². The molecule has 0 spiro atoms. The fourth-order valence-corrected chi connectivity index (χ4v) is 4.80. The highest BCUT2D eigenvalue weighted by Gasteiger charge is 2.33. The lowest BCUT2D eigenvalue weighted by Crippen LogP contribution is -2.27. The summed E-state index contributed by atoms with van der Waals surface area (Å²) in [6.07, 6.45) is 1.80. The van der Waals surface area contributed by atoms with Gasteiger partial charge in [-0.05, 0) is 54.5 Å². The fraction of sp³-hybridized carbons (Fsp3) is 0.120. The monoisotopic (exact) mass is 481 g/mol. The standard InChI is InChI=1S/C25H20ClNO3S2/c1-16-5-3-6-18(11-16)15-30-21-10-9-17(12-22(21)29-2)13-23-24(28)27(25(31)32-23)20-8-4-7-19(26)14-20/h3-14H,15H2,1-2H3/b23-13+. The zero-order valence-electron chi connectivity index (χ0n) is 17.5. The average molecular weight is 482 g/mol. The molecule has 0 radical (unpaired) electrons. The number of carbonyl (C=O) groups is 1. The van der Waals surface area contributed by atoms with Gasteiger partial charge >= 0.3 is 0 Å². The lowest BCUT2D eigenvalue weighted by atomic mass is 10.1. The number of amides is 1. The van der Waals surface area contributed by atoms with Crippen molar-refractivity contribution in [3.63, 3.8) is 0 Å². The van der Waals surface area contributed by atoms with Crippen LogP contribution in [0.2, 0.25) is 5.02 Å². The maximum atomic E-state index is 13.0. The van der Waals surface area contributed by atoms with Crippen LogP contribution in [0.15, 0.2) is 71.6 Å². The SMILES string of the molecule is COc1cc(/C=C2/SC(=S)N(c3cccc(Cl)c3)C2=O)ccc1OCc1cccc(C)c1. The van der Waals surface area contributed by atoms with Gasteiger partial charge < -0.3 is 9.47 Å². The molecule has 32 heavy (non-hydrogen) atoms. The molecule has 0 atom stereocenters. The Bertz CT molecular complexity index is 1230. The molecule has 162 valence electrons. The number of anilines is 1. The van der Waals surface area contributed by atoms with Crippen LogP contribution >= 0.6 is 35.6 Å². The number of halogens is 1. The van der Waals surface area contributed by atoms with Crippen molar-refractivity contribution < 1.29 is 14.3 Å². The highest BCUT2D eigenvalue weighted by Crippen LogP contribution is 2.38. The van der Waals surface area contributed by atoms with E-state index in [-0.39, 0.29) is 5.91 Å². The van der Waals surface area contributed by atoms with Crippen molar-refractivity contribution in [1.29, 1.82) is 0 Å². The molecule has 0 aromatic heterocycles.